The molecule has 1 aromatic rings. The molecule has 8 heteroatoms. The van der Waals surface area contributed by atoms with Gasteiger partial charge in [-0.05, 0) is 38.3 Å². The summed E-state index contributed by atoms with van der Waals surface area (Å²) in [6, 6.07) is 4.99. The largest absolute Gasteiger partial charge is 0.416 e. The molecule has 0 radical (unpaired) electrons. The number of hydrogen-bond donors (Lipinski definition) is 0. The van der Waals surface area contributed by atoms with Crippen LogP contribution in [-0.2, 0) is 22.0 Å². The minimum absolute atomic E-state index is 0.135. The molecule has 2 atom stereocenters. The normalized spacial score (nSPS) is 25.7. The van der Waals surface area contributed by atoms with Gasteiger partial charge in [-0.2, -0.15) is 17.5 Å². The lowest BCUT2D eigenvalue weighted by Crippen LogP contribution is -2.57. The van der Waals surface area contributed by atoms with Crippen LogP contribution in [0.25, 0.3) is 0 Å². The van der Waals surface area contributed by atoms with E-state index in [1.165, 1.54) is 22.5 Å². The van der Waals surface area contributed by atoms with Crippen LogP contribution < -0.4 is 0 Å². The van der Waals surface area contributed by atoms with Gasteiger partial charge >= 0.3 is 6.18 Å². The molecule has 4 nitrogen and oxygen atoms in total. The smallest absolute Gasteiger partial charge is 0.298 e. The zero-order chi connectivity index (χ0) is 18.4. The van der Waals surface area contributed by atoms with Gasteiger partial charge in [-0.15, -0.1) is 0 Å². The van der Waals surface area contributed by atoms with Crippen molar-refractivity contribution >= 4 is 10.0 Å². The van der Waals surface area contributed by atoms with Gasteiger partial charge in [0.05, 0.1) is 11.3 Å². The maximum absolute atomic E-state index is 13.2. The predicted molar refractivity (Wildman–Crippen MR) is 89.4 cm³/mol. The van der Waals surface area contributed by atoms with E-state index in [1.807, 2.05) is 0 Å². The molecule has 0 amide bonds. The van der Waals surface area contributed by atoms with Crippen molar-refractivity contribution in [3.8, 4) is 0 Å². The monoisotopic (exact) mass is 376 g/mol. The molecule has 2 saturated heterocycles. The third-order valence-corrected chi connectivity index (χ3v) is 7.07. The first-order valence-corrected chi connectivity index (χ1v) is 10.1. The molecule has 2 unspecified atom stereocenters. The molecule has 0 spiro atoms. The van der Waals surface area contributed by atoms with Gasteiger partial charge in [-0.1, -0.05) is 18.2 Å². The summed E-state index contributed by atoms with van der Waals surface area (Å²) in [6.07, 6.45) is -3.01. The Hall–Kier alpha value is -1.12. The Morgan fingerprint density at radius 3 is 2.20 bits per heavy atom. The van der Waals surface area contributed by atoms with Crippen molar-refractivity contribution in [1.82, 2.24) is 9.21 Å². The molecule has 0 aromatic heterocycles. The third-order valence-electron chi connectivity index (χ3n) is 5.16. The van der Waals surface area contributed by atoms with Crippen LogP contribution in [0.5, 0.6) is 0 Å². The van der Waals surface area contributed by atoms with Gasteiger partial charge in [-0.3, -0.25) is 4.90 Å². The van der Waals surface area contributed by atoms with E-state index >= 15 is 0 Å². The number of hydrogen-bond acceptors (Lipinski definition) is 3. The first-order valence-electron chi connectivity index (χ1n) is 8.50. The molecule has 25 heavy (non-hydrogen) atoms. The maximum atomic E-state index is 13.2. The molecule has 2 aliphatic rings. The SMILES string of the molecule is CC(C)N1CC2CCC(C1)N2S(=O)(=O)Cc1ccccc1C(F)(F)F. The van der Waals surface area contributed by atoms with E-state index in [2.05, 4.69) is 18.7 Å². The summed E-state index contributed by atoms with van der Waals surface area (Å²) in [7, 11) is -3.80. The van der Waals surface area contributed by atoms with Gasteiger partial charge < -0.3 is 0 Å². The third kappa shape index (κ3) is 3.71. The fraction of sp³-hybridized carbons (Fsp3) is 0.647. The van der Waals surface area contributed by atoms with Gasteiger partial charge in [0.2, 0.25) is 10.0 Å². The summed E-state index contributed by atoms with van der Waals surface area (Å²) >= 11 is 0. The summed E-state index contributed by atoms with van der Waals surface area (Å²) in [4.78, 5) is 2.25. The van der Waals surface area contributed by atoms with Gasteiger partial charge in [0, 0.05) is 31.2 Å². The van der Waals surface area contributed by atoms with Crippen LogP contribution in [0, 0.1) is 0 Å². The number of piperazine rings is 1. The number of benzene rings is 1. The Labute approximate surface area is 146 Å². The Bertz CT molecular complexity index is 720. The highest BCUT2D eigenvalue weighted by Gasteiger charge is 2.47. The highest BCUT2D eigenvalue weighted by atomic mass is 32.2. The lowest BCUT2D eigenvalue weighted by atomic mass is 10.1. The molecule has 1 aromatic carbocycles. The number of halogens is 3. The second-order valence-electron chi connectivity index (χ2n) is 7.17. The summed E-state index contributed by atoms with van der Waals surface area (Å²) in [5.41, 5.74) is -1.05. The van der Waals surface area contributed by atoms with Crippen molar-refractivity contribution in [1.29, 1.82) is 0 Å². The highest BCUT2D eigenvalue weighted by molar-refractivity contribution is 7.88. The van der Waals surface area contributed by atoms with Gasteiger partial charge in [0.1, 0.15) is 0 Å². The second kappa shape index (κ2) is 6.55. The van der Waals surface area contributed by atoms with E-state index in [9.17, 15) is 21.6 Å². The average Bonchev–Trinajstić information content (AvgIpc) is 2.78. The lowest BCUT2D eigenvalue weighted by molar-refractivity contribution is -0.138. The van der Waals surface area contributed by atoms with Gasteiger partial charge in [-0.25, -0.2) is 8.42 Å². The van der Waals surface area contributed by atoms with Crippen LogP contribution in [0.1, 0.15) is 37.8 Å². The topological polar surface area (TPSA) is 40.6 Å². The summed E-state index contributed by atoms with van der Waals surface area (Å²) in [5, 5.41) is 0. The molecule has 3 rings (SSSR count). The minimum Gasteiger partial charge on any atom is -0.298 e. The Morgan fingerprint density at radius 1 is 1.12 bits per heavy atom. The number of likely N-dealkylation sites (tertiary alicyclic amines) is 1. The summed E-state index contributed by atoms with van der Waals surface area (Å²) in [6.45, 7) is 5.44. The maximum Gasteiger partial charge on any atom is 0.416 e. The molecule has 0 aliphatic carbocycles. The van der Waals surface area contributed by atoms with Gasteiger partial charge in [0.15, 0.2) is 0 Å². The molecular weight excluding hydrogens is 353 g/mol. The van der Waals surface area contributed by atoms with Crippen LogP contribution in [0.3, 0.4) is 0 Å². The molecule has 140 valence electrons. The van der Waals surface area contributed by atoms with E-state index in [4.69, 9.17) is 0 Å². The number of fused-ring (bicyclic) bond motifs is 2. The average molecular weight is 376 g/mol. The van der Waals surface area contributed by atoms with Crippen molar-refractivity contribution in [2.24, 2.45) is 0 Å². The number of alkyl halides is 3. The Morgan fingerprint density at radius 2 is 1.68 bits per heavy atom. The summed E-state index contributed by atoms with van der Waals surface area (Å²) in [5.74, 6) is -0.600. The van der Waals surface area contributed by atoms with Crippen molar-refractivity contribution in [2.75, 3.05) is 13.1 Å². The van der Waals surface area contributed by atoms with E-state index in [1.54, 1.807) is 0 Å². The first kappa shape index (κ1) is 18.7. The lowest BCUT2D eigenvalue weighted by Gasteiger charge is -2.42. The fourth-order valence-electron chi connectivity index (χ4n) is 3.97. The van der Waals surface area contributed by atoms with Gasteiger partial charge in [0.25, 0.3) is 0 Å². The van der Waals surface area contributed by atoms with E-state index in [0.717, 1.165) is 18.9 Å². The second-order valence-corrected chi connectivity index (χ2v) is 9.05. The van der Waals surface area contributed by atoms with Crippen molar-refractivity contribution in [3.63, 3.8) is 0 Å². The van der Waals surface area contributed by atoms with E-state index < -0.39 is 27.5 Å². The molecule has 2 heterocycles. The quantitative estimate of drug-likeness (QED) is 0.811. The van der Waals surface area contributed by atoms with Crippen molar-refractivity contribution in [2.45, 2.75) is 56.7 Å². The minimum atomic E-state index is -4.55. The van der Waals surface area contributed by atoms with Crippen LogP contribution in [0.4, 0.5) is 13.2 Å². The molecular formula is C17H23F3N2O2S. The van der Waals surface area contributed by atoms with Crippen LogP contribution in [0.15, 0.2) is 24.3 Å². The molecule has 0 N–H and O–H groups in total. The standard InChI is InChI=1S/C17H23F3N2O2S/c1-12(2)21-9-14-7-8-15(10-21)22(14)25(23,24)11-13-5-3-4-6-16(13)17(18,19)20/h3-6,12,14-15H,7-11H2,1-2H3. The number of sulfonamides is 1. The fourth-order valence-corrected chi connectivity index (χ4v) is 6.01. The summed E-state index contributed by atoms with van der Waals surface area (Å²) < 4.78 is 66.8. The predicted octanol–water partition coefficient (Wildman–Crippen LogP) is 3.09. The van der Waals surface area contributed by atoms with Crippen LogP contribution >= 0.6 is 0 Å². The highest BCUT2D eigenvalue weighted by Crippen LogP contribution is 2.37. The van der Waals surface area contributed by atoms with Crippen LogP contribution in [0.2, 0.25) is 0 Å². The zero-order valence-corrected chi connectivity index (χ0v) is 15.1. The molecule has 2 bridgehead atoms. The number of rotatable bonds is 4. The van der Waals surface area contributed by atoms with Crippen molar-refractivity contribution in [3.05, 3.63) is 35.4 Å². The Kier molecular flexibility index (Phi) is 4.89. The van der Waals surface area contributed by atoms with E-state index in [0.29, 0.717) is 19.1 Å². The molecule has 2 fully saturated rings. The molecule has 2 aliphatic heterocycles. The zero-order valence-electron chi connectivity index (χ0n) is 14.3. The van der Waals surface area contributed by atoms with Crippen molar-refractivity contribution < 1.29 is 21.6 Å². The molecule has 0 saturated carbocycles. The van der Waals surface area contributed by atoms with Crippen LogP contribution in [-0.4, -0.2) is 48.8 Å². The van der Waals surface area contributed by atoms with E-state index in [-0.39, 0.29) is 17.6 Å². The first-order chi connectivity index (χ1) is 11.6. The Balaban J connectivity index is 1.85. The number of nitrogens with zero attached hydrogens (tertiary/aromatic N) is 2.